The Labute approximate surface area is 135 Å². The van der Waals surface area contributed by atoms with Crippen molar-refractivity contribution < 1.29 is 9.18 Å². The first-order valence-corrected chi connectivity index (χ1v) is 7.30. The number of nitrogens with one attached hydrogen (secondary N) is 1. The van der Waals surface area contributed by atoms with E-state index in [1.165, 1.54) is 12.1 Å². The Morgan fingerprint density at radius 1 is 1.26 bits per heavy atom. The average Bonchev–Trinajstić information content (AvgIpc) is 2.53. The Morgan fingerprint density at radius 2 is 2.04 bits per heavy atom. The zero-order chi connectivity index (χ0) is 16.7. The van der Waals surface area contributed by atoms with Crippen LogP contribution in [0.3, 0.4) is 0 Å². The molecule has 4 nitrogen and oxygen atoms in total. The first-order valence-electron chi connectivity index (χ1n) is 7.30. The second-order valence-electron chi connectivity index (χ2n) is 5.36. The van der Waals surface area contributed by atoms with E-state index in [4.69, 9.17) is 5.26 Å². The first-order chi connectivity index (χ1) is 11.1. The monoisotopic (exact) mass is 311 g/mol. The molecule has 0 aliphatic heterocycles. The van der Waals surface area contributed by atoms with Crippen molar-refractivity contribution in [1.82, 2.24) is 4.90 Å². The first kappa shape index (κ1) is 16.7. The fourth-order valence-electron chi connectivity index (χ4n) is 2.21. The molecular formula is C18H18FN3O. The second-order valence-corrected chi connectivity index (χ2v) is 5.36. The molecule has 0 aromatic heterocycles. The molecule has 2 aromatic carbocycles. The lowest BCUT2D eigenvalue weighted by Gasteiger charge is -2.16. The number of halogens is 1. The molecule has 2 rings (SSSR count). The van der Waals surface area contributed by atoms with Crippen molar-refractivity contribution in [2.75, 3.05) is 18.9 Å². The predicted octanol–water partition coefficient (Wildman–Crippen LogP) is 3.16. The highest BCUT2D eigenvalue weighted by Gasteiger charge is 2.07. The van der Waals surface area contributed by atoms with Gasteiger partial charge in [-0.25, -0.2) is 4.39 Å². The highest BCUT2D eigenvalue weighted by molar-refractivity contribution is 5.90. The van der Waals surface area contributed by atoms with Crippen molar-refractivity contribution >= 4 is 11.6 Å². The fraction of sp³-hybridized carbons (Fsp3) is 0.222. The number of carbonyl (C=O) groups excluding carboxylic acids is 1. The largest absolute Gasteiger partial charge is 0.326 e. The number of hydrogen-bond donors (Lipinski definition) is 1. The summed E-state index contributed by atoms with van der Waals surface area (Å²) < 4.78 is 13.1. The van der Waals surface area contributed by atoms with Crippen LogP contribution >= 0.6 is 0 Å². The van der Waals surface area contributed by atoms with Gasteiger partial charge in [0.05, 0.1) is 11.6 Å². The zero-order valence-electron chi connectivity index (χ0n) is 12.9. The number of rotatable bonds is 6. The Balaban J connectivity index is 1.80. The summed E-state index contributed by atoms with van der Waals surface area (Å²) in [5.74, 6) is -0.378. The summed E-state index contributed by atoms with van der Waals surface area (Å²) in [7, 11) is 1.88. The van der Waals surface area contributed by atoms with Gasteiger partial charge in [0, 0.05) is 25.2 Å². The van der Waals surface area contributed by atoms with Crippen LogP contribution in [-0.4, -0.2) is 24.4 Å². The third-order valence-corrected chi connectivity index (χ3v) is 3.34. The van der Waals surface area contributed by atoms with E-state index >= 15 is 0 Å². The highest BCUT2D eigenvalue weighted by atomic mass is 19.1. The molecule has 2 aromatic rings. The van der Waals surface area contributed by atoms with Crippen molar-refractivity contribution in [1.29, 1.82) is 5.26 Å². The summed E-state index contributed by atoms with van der Waals surface area (Å²) in [5.41, 5.74) is 1.99. The van der Waals surface area contributed by atoms with Gasteiger partial charge in [0.1, 0.15) is 5.82 Å². The predicted molar refractivity (Wildman–Crippen MR) is 87.1 cm³/mol. The molecular weight excluding hydrogens is 293 g/mol. The molecule has 1 N–H and O–H groups in total. The van der Waals surface area contributed by atoms with Gasteiger partial charge in [-0.3, -0.25) is 4.79 Å². The van der Waals surface area contributed by atoms with Crippen LogP contribution in [0.25, 0.3) is 0 Å². The van der Waals surface area contributed by atoms with E-state index in [0.717, 1.165) is 5.56 Å². The molecule has 0 fully saturated rings. The lowest BCUT2D eigenvalue weighted by molar-refractivity contribution is -0.116. The van der Waals surface area contributed by atoms with Crippen molar-refractivity contribution in [2.24, 2.45) is 0 Å². The van der Waals surface area contributed by atoms with Gasteiger partial charge in [-0.15, -0.1) is 0 Å². The molecule has 1 amide bonds. The molecule has 0 bridgehead atoms. The van der Waals surface area contributed by atoms with E-state index in [1.807, 2.05) is 24.1 Å². The van der Waals surface area contributed by atoms with Gasteiger partial charge >= 0.3 is 0 Å². The summed E-state index contributed by atoms with van der Waals surface area (Å²) in [6.07, 6.45) is 0.322. The maximum absolute atomic E-state index is 13.1. The number of nitriles is 1. The Kier molecular flexibility index (Phi) is 5.84. The molecule has 0 saturated carbocycles. The van der Waals surface area contributed by atoms with Crippen LogP contribution in [0.1, 0.15) is 17.5 Å². The van der Waals surface area contributed by atoms with E-state index < -0.39 is 0 Å². The van der Waals surface area contributed by atoms with Crippen LogP contribution in [-0.2, 0) is 11.3 Å². The standard InChI is InChI=1S/C18H18FN3O/c1-22(13-15-5-2-6-16(19)10-15)9-8-18(23)21-17-7-3-4-14(11-17)12-20/h2-7,10-11H,8-9,13H2,1H3,(H,21,23). The molecule has 118 valence electrons. The normalized spacial score (nSPS) is 10.3. The molecule has 0 unspecified atom stereocenters. The van der Waals surface area contributed by atoms with Crippen LogP contribution in [0, 0.1) is 17.1 Å². The van der Waals surface area contributed by atoms with Crippen LogP contribution in [0.2, 0.25) is 0 Å². The minimum atomic E-state index is -0.258. The minimum Gasteiger partial charge on any atom is -0.326 e. The van der Waals surface area contributed by atoms with Gasteiger partial charge in [-0.1, -0.05) is 18.2 Å². The van der Waals surface area contributed by atoms with Crippen molar-refractivity contribution in [2.45, 2.75) is 13.0 Å². The Bertz CT molecular complexity index is 724. The maximum Gasteiger partial charge on any atom is 0.225 e. The van der Waals surface area contributed by atoms with Crippen molar-refractivity contribution in [3.8, 4) is 6.07 Å². The van der Waals surface area contributed by atoms with Gasteiger partial charge in [0.2, 0.25) is 5.91 Å². The van der Waals surface area contributed by atoms with Gasteiger partial charge < -0.3 is 10.2 Å². The Hall–Kier alpha value is -2.71. The smallest absolute Gasteiger partial charge is 0.225 e. The lowest BCUT2D eigenvalue weighted by Crippen LogP contribution is -2.24. The average molecular weight is 311 g/mol. The summed E-state index contributed by atoms with van der Waals surface area (Å²) in [6, 6.07) is 15.2. The molecule has 23 heavy (non-hydrogen) atoms. The third-order valence-electron chi connectivity index (χ3n) is 3.34. The second kappa shape index (κ2) is 8.06. The zero-order valence-corrected chi connectivity index (χ0v) is 12.9. The highest BCUT2D eigenvalue weighted by Crippen LogP contribution is 2.10. The van der Waals surface area contributed by atoms with Crippen LogP contribution in [0.5, 0.6) is 0 Å². The van der Waals surface area contributed by atoms with Gasteiger partial charge in [0.15, 0.2) is 0 Å². The number of hydrogen-bond acceptors (Lipinski definition) is 3. The molecule has 0 aliphatic carbocycles. The molecule has 0 heterocycles. The summed E-state index contributed by atoms with van der Waals surface area (Å²) in [6.45, 7) is 1.13. The van der Waals surface area contributed by atoms with Gasteiger partial charge in [-0.05, 0) is 42.9 Å². The number of carbonyl (C=O) groups is 1. The minimum absolute atomic E-state index is 0.119. The molecule has 0 aliphatic rings. The maximum atomic E-state index is 13.1. The summed E-state index contributed by atoms with van der Waals surface area (Å²) >= 11 is 0. The molecule has 0 saturated heterocycles. The van der Waals surface area contributed by atoms with E-state index in [-0.39, 0.29) is 11.7 Å². The topological polar surface area (TPSA) is 56.1 Å². The van der Waals surface area contributed by atoms with Crippen molar-refractivity contribution in [3.05, 3.63) is 65.5 Å². The van der Waals surface area contributed by atoms with Crippen LogP contribution in [0.15, 0.2) is 48.5 Å². The van der Waals surface area contributed by atoms with E-state index in [2.05, 4.69) is 5.32 Å². The third kappa shape index (κ3) is 5.53. The quantitative estimate of drug-likeness (QED) is 0.891. The molecule has 0 atom stereocenters. The Morgan fingerprint density at radius 3 is 2.78 bits per heavy atom. The number of nitrogens with zero attached hydrogens (tertiary/aromatic N) is 2. The van der Waals surface area contributed by atoms with Crippen molar-refractivity contribution in [3.63, 3.8) is 0 Å². The SMILES string of the molecule is CN(CCC(=O)Nc1cccc(C#N)c1)Cc1cccc(F)c1. The summed E-state index contributed by atoms with van der Waals surface area (Å²) in [4.78, 5) is 13.9. The van der Waals surface area contributed by atoms with Gasteiger partial charge in [-0.2, -0.15) is 5.26 Å². The van der Waals surface area contributed by atoms with E-state index in [1.54, 1.807) is 30.3 Å². The van der Waals surface area contributed by atoms with Crippen LogP contribution < -0.4 is 5.32 Å². The van der Waals surface area contributed by atoms with Crippen LogP contribution in [0.4, 0.5) is 10.1 Å². The molecule has 0 spiro atoms. The number of anilines is 1. The number of amides is 1. The van der Waals surface area contributed by atoms with E-state index in [9.17, 15) is 9.18 Å². The lowest BCUT2D eigenvalue weighted by atomic mass is 10.2. The van der Waals surface area contributed by atoms with Gasteiger partial charge in [0.25, 0.3) is 0 Å². The molecule has 0 radical (unpaired) electrons. The molecule has 5 heteroatoms. The number of benzene rings is 2. The fourth-order valence-corrected chi connectivity index (χ4v) is 2.21. The van der Waals surface area contributed by atoms with E-state index in [0.29, 0.717) is 30.8 Å². The summed E-state index contributed by atoms with van der Waals surface area (Å²) in [5, 5.41) is 11.6.